The van der Waals surface area contributed by atoms with E-state index in [1.54, 1.807) is 19.1 Å². The number of aryl methyl sites for hydroxylation is 1. The molecule has 1 heterocycles. The summed E-state index contributed by atoms with van der Waals surface area (Å²) in [6.07, 6.45) is 2.74. The molecular weight excluding hydrogens is 260 g/mol. The molecule has 1 unspecified atom stereocenters. The zero-order chi connectivity index (χ0) is 14.5. The second kappa shape index (κ2) is 7.14. The van der Waals surface area contributed by atoms with E-state index < -0.39 is 11.6 Å². The number of hydrogen-bond donors (Lipinski definition) is 1. The number of rotatable bonds is 5. The molecule has 4 heteroatoms. The van der Waals surface area contributed by atoms with Crippen molar-refractivity contribution in [3.63, 3.8) is 0 Å². The second-order valence-corrected chi connectivity index (χ2v) is 5.48. The molecule has 2 nitrogen and oxygen atoms in total. The van der Waals surface area contributed by atoms with Gasteiger partial charge in [-0.25, -0.2) is 8.78 Å². The third-order valence-electron chi connectivity index (χ3n) is 3.99. The van der Waals surface area contributed by atoms with Crippen LogP contribution < -0.4 is 5.32 Å². The van der Waals surface area contributed by atoms with Crippen molar-refractivity contribution in [3.05, 3.63) is 34.9 Å². The topological polar surface area (TPSA) is 21.3 Å². The fourth-order valence-corrected chi connectivity index (χ4v) is 2.78. The molecule has 1 saturated heterocycles. The predicted molar refractivity (Wildman–Crippen MR) is 75.7 cm³/mol. The highest BCUT2D eigenvalue weighted by atomic mass is 19.2. The predicted octanol–water partition coefficient (Wildman–Crippen LogP) is 3.74. The highest BCUT2D eigenvalue weighted by Crippen LogP contribution is 2.32. The van der Waals surface area contributed by atoms with Crippen LogP contribution in [0.5, 0.6) is 0 Å². The molecule has 0 saturated carbocycles. The summed E-state index contributed by atoms with van der Waals surface area (Å²) in [6, 6.07) is 3.25. The van der Waals surface area contributed by atoms with Crippen LogP contribution >= 0.6 is 0 Å². The fourth-order valence-electron chi connectivity index (χ4n) is 2.78. The molecule has 2 rings (SSSR count). The van der Waals surface area contributed by atoms with Gasteiger partial charge in [-0.15, -0.1) is 0 Å². The Morgan fingerprint density at radius 3 is 2.60 bits per heavy atom. The first-order chi connectivity index (χ1) is 9.65. The Kier molecular flexibility index (Phi) is 5.49. The van der Waals surface area contributed by atoms with Gasteiger partial charge in [-0.1, -0.05) is 19.1 Å². The highest BCUT2D eigenvalue weighted by molar-refractivity contribution is 5.28. The summed E-state index contributed by atoms with van der Waals surface area (Å²) in [4.78, 5) is 0. The highest BCUT2D eigenvalue weighted by Gasteiger charge is 2.28. The molecular formula is C16H23F2NO. The minimum atomic E-state index is -0.724. The molecule has 0 aromatic heterocycles. The van der Waals surface area contributed by atoms with Gasteiger partial charge in [0.2, 0.25) is 0 Å². The van der Waals surface area contributed by atoms with E-state index in [0.717, 1.165) is 25.8 Å². The van der Waals surface area contributed by atoms with Gasteiger partial charge in [-0.2, -0.15) is 0 Å². The van der Waals surface area contributed by atoms with Crippen LogP contribution in [0.3, 0.4) is 0 Å². The summed E-state index contributed by atoms with van der Waals surface area (Å²) >= 11 is 0. The van der Waals surface area contributed by atoms with Gasteiger partial charge in [0.1, 0.15) is 0 Å². The van der Waals surface area contributed by atoms with Gasteiger partial charge in [-0.05, 0) is 44.2 Å². The molecule has 112 valence electrons. The zero-order valence-corrected chi connectivity index (χ0v) is 12.2. The molecule has 1 aliphatic rings. The van der Waals surface area contributed by atoms with Gasteiger partial charge < -0.3 is 10.1 Å². The third kappa shape index (κ3) is 3.36. The molecule has 0 aliphatic carbocycles. The third-order valence-corrected chi connectivity index (χ3v) is 3.99. The van der Waals surface area contributed by atoms with E-state index in [2.05, 4.69) is 12.2 Å². The Balaban J connectivity index is 2.27. The average molecular weight is 283 g/mol. The quantitative estimate of drug-likeness (QED) is 0.889. The first kappa shape index (κ1) is 15.4. The zero-order valence-electron chi connectivity index (χ0n) is 12.2. The van der Waals surface area contributed by atoms with Crippen molar-refractivity contribution in [2.75, 3.05) is 19.8 Å². The van der Waals surface area contributed by atoms with Gasteiger partial charge in [0.15, 0.2) is 11.6 Å². The van der Waals surface area contributed by atoms with Crippen LogP contribution in [0.4, 0.5) is 8.78 Å². The van der Waals surface area contributed by atoms with Gasteiger partial charge in [-0.3, -0.25) is 0 Å². The van der Waals surface area contributed by atoms with E-state index in [0.29, 0.717) is 30.3 Å². The maximum atomic E-state index is 14.2. The van der Waals surface area contributed by atoms with Crippen LogP contribution in [-0.4, -0.2) is 19.8 Å². The fraction of sp³-hybridized carbons (Fsp3) is 0.625. The lowest BCUT2D eigenvalue weighted by Gasteiger charge is -2.32. The monoisotopic (exact) mass is 283 g/mol. The van der Waals surface area contributed by atoms with E-state index in [1.165, 1.54) is 0 Å². The number of halogens is 2. The summed E-state index contributed by atoms with van der Waals surface area (Å²) in [7, 11) is 0. The van der Waals surface area contributed by atoms with E-state index >= 15 is 0 Å². The largest absolute Gasteiger partial charge is 0.381 e. The van der Waals surface area contributed by atoms with Crippen molar-refractivity contribution < 1.29 is 13.5 Å². The van der Waals surface area contributed by atoms with E-state index in [9.17, 15) is 8.78 Å². The molecule has 1 aromatic carbocycles. The van der Waals surface area contributed by atoms with Crippen LogP contribution in [-0.2, 0) is 4.74 Å². The second-order valence-electron chi connectivity index (χ2n) is 5.48. The Morgan fingerprint density at radius 2 is 1.95 bits per heavy atom. The minimum Gasteiger partial charge on any atom is -0.381 e. The summed E-state index contributed by atoms with van der Waals surface area (Å²) in [5.74, 6) is -1.13. The van der Waals surface area contributed by atoms with E-state index in [4.69, 9.17) is 4.74 Å². The smallest absolute Gasteiger partial charge is 0.163 e. The van der Waals surface area contributed by atoms with Crippen molar-refractivity contribution in [2.45, 2.75) is 39.2 Å². The van der Waals surface area contributed by atoms with Crippen molar-refractivity contribution in [2.24, 2.45) is 5.92 Å². The lowest BCUT2D eigenvalue weighted by molar-refractivity contribution is 0.0530. The molecule has 1 fully saturated rings. The van der Waals surface area contributed by atoms with Gasteiger partial charge in [0.05, 0.1) is 0 Å². The molecule has 1 aliphatic heterocycles. The van der Waals surface area contributed by atoms with Gasteiger partial charge in [0, 0.05) is 24.8 Å². The first-order valence-electron chi connectivity index (χ1n) is 7.40. The molecule has 0 bridgehead atoms. The number of benzene rings is 1. The molecule has 20 heavy (non-hydrogen) atoms. The Bertz CT molecular complexity index is 444. The van der Waals surface area contributed by atoms with Crippen LogP contribution in [0.1, 0.15) is 43.4 Å². The molecule has 1 aromatic rings. The molecule has 0 radical (unpaired) electrons. The normalized spacial score (nSPS) is 18.2. The van der Waals surface area contributed by atoms with Gasteiger partial charge >= 0.3 is 0 Å². The lowest BCUT2D eigenvalue weighted by atomic mass is 9.86. The van der Waals surface area contributed by atoms with E-state index in [-0.39, 0.29) is 6.04 Å². The Labute approximate surface area is 119 Å². The Hall–Kier alpha value is -1.00. The maximum Gasteiger partial charge on any atom is 0.163 e. The van der Waals surface area contributed by atoms with Crippen molar-refractivity contribution in [3.8, 4) is 0 Å². The minimum absolute atomic E-state index is 0.131. The summed E-state index contributed by atoms with van der Waals surface area (Å²) in [5.41, 5.74) is 0.806. The SMILES string of the molecule is CCCNC(c1ccc(C)c(F)c1F)C1CCOCC1. The van der Waals surface area contributed by atoms with Crippen LogP contribution in [0.2, 0.25) is 0 Å². The molecule has 1 atom stereocenters. The van der Waals surface area contributed by atoms with Crippen molar-refractivity contribution >= 4 is 0 Å². The van der Waals surface area contributed by atoms with Gasteiger partial charge in [0.25, 0.3) is 0 Å². The Morgan fingerprint density at radius 1 is 1.25 bits per heavy atom. The summed E-state index contributed by atoms with van der Waals surface area (Å²) in [6.45, 7) is 5.86. The van der Waals surface area contributed by atoms with Crippen LogP contribution in [0.25, 0.3) is 0 Å². The number of hydrogen-bond acceptors (Lipinski definition) is 2. The maximum absolute atomic E-state index is 14.2. The molecule has 0 spiro atoms. The standard InChI is InChI=1S/C16H23F2NO/c1-3-8-19-16(12-6-9-20-10-7-12)13-5-4-11(2)14(17)15(13)18/h4-5,12,16,19H,3,6-10H2,1-2H3. The summed E-state index contributed by atoms with van der Waals surface area (Å²) in [5, 5.41) is 3.38. The van der Waals surface area contributed by atoms with Crippen molar-refractivity contribution in [1.29, 1.82) is 0 Å². The first-order valence-corrected chi connectivity index (χ1v) is 7.40. The van der Waals surface area contributed by atoms with Crippen LogP contribution in [0, 0.1) is 24.5 Å². The van der Waals surface area contributed by atoms with Crippen molar-refractivity contribution in [1.82, 2.24) is 5.32 Å². The van der Waals surface area contributed by atoms with Crippen LogP contribution in [0.15, 0.2) is 12.1 Å². The van der Waals surface area contributed by atoms with E-state index in [1.807, 2.05) is 0 Å². The average Bonchev–Trinajstić information content (AvgIpc) is 2.48. The lowest BCUT2D eigenvalue weighted by Crippen LogP contribution is -2.33. The molecule has 1 N–H and O–H groups in total. The number of nitrogens with one attached hydrogen (secondary N) is 1. The molecule has 0 amide bonds. The number of ether oxygens (including phenoxy) is 1. The summed E-state index contributed by atoms with van der Waals surface area (Å²) < 4.78 is 33.4.